The van der Waals surface area contributed by atoms with Crippen molar-refractivity contribution in [3.05, 3.63) is 33.8 Å². The molecule has 0 radical (unpaired) electrons. The molecule has 1 aromatic carbocycles. The Labute approximate surface area is 113 Å². The highest BCUT2D eigenvalue weighted by Gasteiger charge is 2.24. The summed E-state index contributed by atoms with van der Waals surface area (Å²) in [5, 5.41) is 0. The molecule has 0 amide bonds. The van der Waals surface area contributed by atoms with Crippen LogP contribution in [0.3, 0.4) is 0 Å². The molecule has 0 aromatic heterocycles. The predicted molar refractivity (Wildman–Crippen MR) is 76.9 cm³/mol. The van der Waals surface area contributed by atoms with E-state index in [0.29, 0.717) is 0 Å². The number of nitrogens with zero attached hydrogens (tertiary/aromatic N) is 1. The van der Waals surface area contributed by atoms with Crippen molar-refractivity contribution < 1.29 is 4.21 Å². The third-order valence-corrected chi connectivity index (χ3v) is 4.94. The van der Waals surface area contributed by atoms with Gasteiger partial charge in [-0.15, -0.1) is 0 Å². The molecule has 2 rings (SSSR count). The van der Waals surface area contributed by atoms with Crippen LogP contribution in [0.15, 0.2) is 27.1 Å². The molecule has 0 unspecified atom stereocenters. The van der Waals surface area contributed by atoms with Gasteiger partial charge >= 0.3 is 0 Å². The first-order valence-corrected chi connectivity index (χ1v) is 7.57. The standard InChI is InChI=1S/C13H16BrNOS/c1-13(2,3)17(16)15-12-8-7-9-10(12)5-4-6-11(9)14/h4-6H,7-8H2,1-3H3/t17-/m1/s1. The van der Waals surface area contributed by atoms with E-state index in [-0.39, 0.29) is 4.75 Å². The zero-order valence-corrected chi connectivity index (χ0v) is 12.7. The maximum absolute atomic E-state index is 12.0. The minimum absolute atomic E-state index is 0.290. The molecule has 0 saturated heterocycles. The van der Waals surface area contributed by atoms with E-state index >= 15 is 0 Å². The minimum atomic E-state index is -1.17. The Morgan fingerprint density at radius 2 is 2.00 bits per heavy atom. The Kier molecular flexibility index (Phi) is 3.55. The van der Waals surface area contributed by atoms with Gasteiger partial charge in [0.25, 0.3) is 0 Å². The minimum Gasteiger partial charge on any atom is -0.234 e. The number of halogens is 1. The second-order valence-electron chi connectivity index (χ2n) is 5.17. The lowest BCUT2D eigenvalue weighted by Gasteiger charge is -2.14. The summed E-state index contributed by atoms with van der Waals surface area (Å²) in [5.74, 6) is 0. The van der Waals surface area contributed by atoms with Crippen LogP contribution in [0.1, 0.15) is 38.3 Å². The molecule has 0 aliphatic heterocycles. The maximum Gasteiger partial charge on any atom is 0.145 e. The van der Waals surface area contributed by atoms with Crippen LogP contribution in [-0.4, -0.2) is 14.7 Å². The number of hydrogen-bond acceptors (Lipinski definition) is 1. The number of benzene rings is 1. The van der Waals surface area contributed by atoms with E-state index in [0.717, 1.165) is 28.6 Å². The fourth-order valence-electron chi connectivity index (χ4n) is 1.79. The maximum atomic E-state index is 12.0. The zero-order chi connectivity index (χ0) is 12.6. The van der Waals surface area contributed by atoms with Gasteiger partial charge in [-0.3, -0.25) is 0 Å². The lowest BCUT2D eigenvalue weighted by molar-refractivity contribution is 0.650. The fourth-order valence-corrected chi connectivity index (χ4v) is 3.02. The molecule has 0 bridgehead atoms. The van der Waals surface area contributed by atoms with Gasteiger partial charge < -0.3 is 0 Å². The van der Waals surface area contributed by atoms with Crippen molar-refractivity contribution >= 4 is 32.6 Å². The first-order chi connectivity index (χ1) is 7.89. The lowest BCUT2D eigenvalue weighted by Crippen LogP contribution is -2.20. The van der Waals surface area contributed by atoms with E-state index in [4.69, 9.17) is 0 Å². The quantitative estimate of drug-likeness (QED) is 0.778. The number of fused-ring (bicyclic) bond motifs is 1. The molecule has 1 aliphatic carbocycles. The van der Waals surface area contributed by atoms with Gasteiger partial charge in [-0.05, 0) is 45.2 Å². The highest BCUT2D eigenvalue weighted by atomic mass is 79.9. The third kappa shape index (κ3) is 2.68. The lowest BCUT2D eigenvalue weighted by atomic mass is 10.1. The molecule has 0 saturated carbocycles. The van der Waals surface area contributed by atoms with Crippen molar-refractivity contribution in [3.8, 4) is 0 Å². The molecule has 0 N–H and O–H groups in total. The first-order valence-electron chi connectivity index (χ1n) is 5.67. The summed E-state index contributed by atoms with van der Waals surface area (Å²) in [5.41, 5.74) is 3.42. The van der Waals surface area contributed by atoms with Gasteiger partial charge in [0.2, 0.25) is 0 Å². The largest absolute Gasteiger partial charge is 0.234 e. The van der Waals surface area contributed by atoms with Crippen molar-refractivity contribution in [1.29, 1.82) is 0 Å². The molecule has 17 heavy (non-hydrogen) atoms. The summed E-state index contributed by atoms with van der Waals surface area (Å²) in [6, 6.07) is 6.11. The third-order valence-electron chi connectivity index (χ3n) is 2.76. The van der Waals surface area contributed by atoms with Gasteiger partial charge in [-0.25, -0.2) is 4.21 Å². The molecule has 1 aliphatic rings. The monoisotopic (exact) mass is 313 g/mol. The zero-order valence-electron chi connectivity index (χ0n) is 10.3. The highest BCUT2D eigenvalue weighted by molar-refractivity contribution is 9.10. The van der Waals surface area contributed by atoms with Gasteiger partial charge in [-0.1, -0.05) is 28.1 Å². The molecule has 1 aromatic rings. The summed E-state index contributed by atoms with van der Waals surface area (Å²) in [7, 11) is -1.17. The summed E-state index contributed by atoms with van der Waals surface area (Å²) in [6.07, 6.45) is 1.87. The summed E-state index contributed by atoms with van der Waals surface area (Å²) in [6.45, 7) is 5.85. The molecule has 1 atom stereocenters. The van der Waals surface area contributed by atoms with Crippen molar-refractivity contribution in [2.45, 2.75) is 38.4 Å². The van der Waals surface area contributed by atoms with Gasteiger partial charge in [0.1, 0.15) is 11.0 Å². The molecular weight excluding hydrogens is 298 g/mol. The van der Waals surface area contributed by atoms with E-state index in [1.165, 1.54) is 5.56 Å². The van der Waals surface area contributed by atoms with E-state index in [1.807, 2.05) is 32.9 Å². The van der Waals surface area contributed by atoms with Crippen LogP contribution in [0.4, 0.5) is 0 Å². The van der Waals surface area contributed by atoms with E-state index in [2.05, 4.69) is 26.4 Å². The van der Waals surface area contributed by atoms with Crippen LogP contribution >= 0.6 is 15.9 Å². The molecule has 0 spiro atoms. The van der Waals surface area contributed by atoms with Crippen LogP contribution in [0.25, 0.3) is 0 Å². The van der Waals surface area contributed by atoms with Gasteiger partial charge in [0.05, 0.1) is 10.5 Å². The average molecular weight is 314 g/mol. The Morgan fingerprint density at radius 3 is 2.65 bits per heavy atom. The molecule has 0 fully saturated rings. The normalized spacial score (nSPS) is 19.4. The fraction of sp³-hybridized carbons (Fsp3) is 0.462. The van der Waals surface area contributed by atoms with Crippen molar-refractivity contribution in [2.75, 3.05) is 0 Å². The van der Waals surface area contributed by atoms with Crippen LogP contribution in [0.5, 0.6) is 0 Å². The molecule has 2 nitrogen and oxygen atoms in total. The summed E-state index contributed by atoms with van der Waals surface area (Å²) >= 11 is 3.55. The van der Waals surface area contributed by atoms with Crippen LogP contribution < -0.4 is 0 Å². The number of rotatable bonds is 1. The number of hydrogen-bond donors (Lipinski definition) is 0. The predicted octanol–water partition coefficient (Wildman–Crippen LogP) is 3.65. The first kappa shape index (κ1) is 13.0. The topological polar surface area (TPSA) is 29.4 Å². The molecular formula is C13H16BrNOS. The Hall–Kier alpha value is -0.480. The Balaban J connectivity index is 2.38. The van der Waals surface area contributed by atoms with Gasteiger partial charge in [-0.2, -0.15) is 4.40 Å². The van der Waals surface area contributed by atoms with Crippen LogP contribution in [0.2, 0.25) is 0 Å². The van der Waals surface area contributed by atoms with Crippen LogP contribution in [-0.2, 0) is 17.4 Å². The summed E-state index contributed by atoms with van der Waals surface area (Å²) < 4.78 is 17.3. The van der Waals surface area contributed by atoms with Crippen molar-refractivity contribution in [3.63, 3.8) is 0 Å². The second-order valence-corrected chi connectivity index (χ2v) is 7.93. The molecule has 0 heterocycles. The summed E-state index contributed by atoms with van der Waals surface area (Å²) in [4.78, 5) is 0. The van der Waals surface area contributed by atoms with E-state index in [9.17, 15) is 4.21 Å². The Morgan fingerprint density at radius 1 is 1.29 bits per heavy atom. The van der Waals surface area contributed by atoms with E-state index < -0.39 is 11.0 Å². The highest BCUT2D eigenvalue weighted by Crippen LogP contribution is 2.30. The molecule has 4 heteroatoms. The molecule has 92 valence electrons. The SMILES string of the molecule is CC(C)(C)[S@@](=O)N=C1CCc2c(Br)cccc21. The van der Waals surface area contributed by atoms with Crippen molar-refractivity contribution in [2.24, 2.45) is 4.40 Å². The van der Waals surface area contributed by atoms with Gasteiger partial charge in [0, 0.05) is 10.0 Å². The van der Waals surface area contributed by atoms with E-state index in [1.54, 1.807) is 0 Å². The Bertz CT molecular complexity index is 503. The van der Waals surface area contributed by atoms with Crippen molar-refractivity contribution in [1.82, 2.24) is 0 Å². The average Bonchev–Trinajstić information content (AvgIpc) is 2.62. The smallest absolute Gasteiger partial charge is 0.145 e. The van der Waals surface area contributed by atoms with Gasteiger partial charge in [0.15, 0.2) is 0 Å². The second kappa shape index (κ2) is 4.65. The van der Waals surface area contributed by atoms with Crippen LogP contribution in [0, 0.1) is 0 Å².